The first-order valence-corrected chi connectivity index (χ1v) is 16.5. The summed E-state index contributed by atoms with van der Waals surface area (Å²) in [5.74, 6) is 0. The topological polar surface area (TPSA) is 59.9 Å². The van der Waals surface area contributed by atoms with Gasteiger partial charge in [-0.1, -0.05) is 91.0 Å². The van der Waals surface area contributed by atoms with Crippen molar-refractivity contribution in [2.75, 3.05) is 0 Å². The maximum Gasteiger partial charge on any atom is 0.175 e. The molecule has 0 amide bonds. The summed E-state index contributed by atoms with van der Waals surface area (Å²) in [4.78, 5) is 8.95. The molecular weight excluding hydrogens is 530 g/mol. The SMILES string of the molecule is O=P1(c2ccccc2)C2=C(c3ccccc31)c1ccncc1P(=O)(c1ccc3ccccc3c1)c1cnccc12. The van der Waals surface area contributed by atoms with Gasteiger partial charge >= 0.3 is 0 Å². The third-order valence-corrected chi connectivity index (χ3v) is 14.3. The van der Waals surface area contributed by atoms with Gasteiger partial charge in [0.15, 0.2) is 14.3 Å². The number of aromatic nitrogens is 2. The highest BCUT2D eigenvalue weighted by molar-refractivity contribution is 7.89. The minimum absolute atomic E-state index is 0.591. The zero-order valence-corrected chi connectivity index (χ0v) is 23.1. The fraction of sp³-hybridized carbons (Fsp3) is 0. The van der Waals surface area contributed by atoms with E-state index >= 15 is 9.13 Å². The molecule has 190 valence electrons. The van der Waals surface area contributed by atoms with Crippen molar-refractivity contribution in [1.82, 2.24) is 9.97 Å². The van der Waals surface area contributed by atoms with Crippen LogP contribution in [0.3, 0.4) is 0 Å². The van der Waals surface area contributed by atoms with E-state index in [2.05, 4.69) is 16.0 Å². The summed E-state index contributed by atoms with van der Waals surface area (Å²) in [6, 6.07) is 35.5. The first-order chi connectivity index (χ1) is 19.6. The van der Waals surface area contributed by atoms with E-state index in [9.17, 15) is 0 Å². The minimum atomic E-state index is -3.50. The molecule has 4 heterocycles. The molecule has 0 spiro atoms. The summed E-state index contributed by atoms with van der Waals surface area (Å²) in [7, 11) is -6.83. The monoisotopic (exact) mass is 552 g/mol. The highest BCUT2D eigenvalue weighted by atomic mass is 31.2. The first-order valence-electron chi connectivity index (χ1n) is 13.1. The van der Waals surface area contributed by atoms with Crippen LogP contribution in [0, 0.1) is 0 Å². The number of hydrogen-bond acceptors (Lipinski definition) is 4. The van der Waals surface area contributed by atoms with Crippen molar-refractivity contribution in [3.05, 3.63) is 151 Å². The maximum absolute atomic E-state index is 15.8. The lowest BCUT2D eigenvalue weighted by molar-refractivity contribution is 0.592. The van der Waals surface area contributed by atoms with Crippen LogP contribution >= 0.6 is 14.3 Å². The van der Waals surface area contributed by atoms with Crippen LogP contribution in [-0.4, -0.2) is 9.97 Å². The van der Waals surface area contributed by atoms with Crippen molar-refractivity contribution < 1.29 is 9.13 Å². The quantitative estimate of drug-likeness (QED) is 0.254. The number of fused-ring (bicyclic) bond motifs is 7. The Kier molecular flexibility index (Phi) is 5.04. The Morgan fingerprint density at radius 2 is 1.10 bits per heavy atom. The van der Waals surface area contributed by atoms with Crippen molar-refractivity contribution in [2.45, 2.75) is 0 Å². The van der Waals surface area contributed by atoms with E-state index in [0.29, 0.717) is 15.9 Å². The van der Waals surface area contributed by atoms with Crippen molar-refractivity contribution in [1.29, 1.82) is 0 Å². The highest BCUT2D eigenvalue weighted by Crippen LogP contribution is 2.67. The van der Waals surface area contributed by atoms with Crippen molar-refractivity contribution >= 4 is 62.5 Å². The summed E-state index contributed by atoms with van der Waals surface area (Å²) in [5, 5.41) is 6.31. The molecule has 0 radical (unpaired) electrons. The molecule has 6 aromatic rings. The van der Waals surface area contributed by atoms with Crippen LogP contribution in [-0.2, 0) is 9.13 Å². The van der Waals surface area contributed by atoms with Crippen LogP contribution in [0.5, 0.6) is 0 Å². The van der Waals surface area contributed by atoms with E-state index < -0.39 is 14.3 Å². The molecule has 2 aliphatic rings. The van der Waals surface area contributed by atoms with Crippen LogP contribution in [0.1, 0.15) is 16.7 Å². The number of nitrogens with zero attached hydrogens (tertiary/aromatic N) is 2. The second-order valence-electron chi connectivity index (χ2n) is 10.1. The Balaban J connectivity index is 1.55. The lowest BCUT2D eigenvalue weighted by atomic mass is 9.97. The summed E-state index contributed by atoms with van der Waals surface area (Å²) in [6.07, 6.45) is 6.88. The fourth-order valence-corrected chi connectivity index (χ4v) is 12.6. The third-order valence-electron chi connectivity index (χ3n) is 8.08. The second kappa shape index (κ2) is 8.57. The molecule has 2 aliphatic heterocycles. The average molecular weight is 553 g/mol. The summed E-state index contributed by atoms with van der Waals surface area (Å²) < 4.78 is 31.5. The molecule has 0 saturated heterocycles. The van der Waals surface area contributed by atoms with E-state index in [4.69, 9.17) is 0 Å². The van der Waals surface area contributed by atoms with Gasteiger partial charge in [-0.05, 0) is 40.1 Å². The van der Waals surface area contributed by atoms with Crippen molar-refractivity contribution in [3.8, 4) is 0 Å². The molecule has 2 atom stereocenters. The van der Waals surface area contributed by atoms with Gasteiger partial charge in [0.25, 0.3) is 0 Å². The lowest BCUT2D eigenvalue weighted by Gasteiger charge is -2.24. The molecule has 0 saturated carbocycles. The maximum atomic E-state index is 15.8. The van der Waals surface area contributed by atoms with E-state index in [1.807, 2.05) is 103 Å². The number of pyridine rings is 2. The predicted octanol–water partition coefficient (Wildman–Crippen LogP) is 5.83. The van der Waals surface area contributed by atoms with E-state index in [1.54, 1.807) is 24.8 Å². The molecule has 8 rings (SSSR count). The van der Waals surface area contributed by atoms with Crippen LogP contribution in [0.4, 0.5) is 0 Å². The smallest absolute Gasteiger partial charge is 0.175 e. The largest absolute Gasteiger partial charge is 0.309 e. The number of benzene rings is 4. The Hall–Kier alpha value is -4.36. The van der Waals surface area contributed by atoms with Gasteiger partial charge in [-0.25, -0.2) is 0 Å². The molecule has 6 heteroatoms. The highest BCUT2D eigenvalue weighted by Gasteiger charge is 2.49. The molecule has 0 aliphatic carbocycles. The van der Waals surface area contributed by atoms with Gasteiger partial charge < -0.3 is 9.13 Å². The molecule has 40 heavy (non-hydrogen) atoms. The fourth-order valence-electron chi connectivity index (χ4n) is 6.31. The Labute approximate surface area is 231 Å². The minimum Gasteiger partial charge on any atom is -0.309 e. The molecule has 0 fully saturated rings. The Morgan fingerprint density at radius 1 is 0.475 bits per heavy atom. The standard InChI is InChI=1S/C34H22N2O2P2/c37-39(26-15-14-23-8-4-5-9-24(23)20-26)31-21-35-18-16-28(31)33-27-12-6-7-13-30(27)40(38,25-10-2-1-3-11-25)34(33)29-17-19-36-22-32(29)39/h1-22H. The van der Waals surface area contributed by atoms with Gasteiger partial charge in [0, 0.05) is 67.8 Å². The molecule has 2 aromatic heterocycles. The normalized spacial score (nSPS) is 20.8. The molecule has 4 aromatic carbocycles. The van der Waals surface area contributed by atoms with Crippen molar-refractivity contribution in [3.63, 3.8) is 0 Å². The van der Waals surface area contributed by atoms with Gasteiger partial charge in [-0.3, -0.25) is 9.97 Å². The summed E-state index contributed by atoms with van der Waals surface area (Å²) >= 11 is 0. The summed E-state index contributed by atoms with van der Waals surface area (Å²) in [5.41, 5.74) is 3.30. The van der Waals surface area contributed by atoms with Crippen LogP contribution < -0.4 is 26.5 Å². The van der Waals surface area contributed by atoms with Crippen LogP contribution in [0.2, 0.25) is 0 Å². The second-order valence-corrected chi connectivity index (χ2v) is 15.5. The number of hydrogen-bond donors (Lipinski definition) is 0. The Morgan fingerprint density at radius 3 is 1.90 bits per heavy atom. The van der Waals surface area contributed by atoms with Gasteiger partial charge in [0.1, 0.15) is 0 Å². The number of rotatable bonds is 2. The molecular formula is C34H22N2O2P2. The molecule has 0 N–H and O–H groups in total. The van der Waals surface area contributed by atoms with Crippen molar-refractivity contribution in [2.24, 2.45) is 0 Å². The van der Waals surface area contributed by atoms with E-state index in [-0.39, 0.29) is 0 Å². The van der Waals surface area contributed by atoms with Gasteiger partial charge in [-0.15, -0.1) is 0 Å². The van der Waals surface area contributed by atoms with Gasteiger partial charge in [0.05, 0.1) is 0 Å². The van der Waals surface area contributed by atoms with Gasteiger partial charge in [-0.2, -0.15) is 0 Å². The molecule has 2 unspecified atom stereocenters. The van der Waals surface area contributed by atoms with E-state index in [1.165, 1.54) is 0 Å². The zero-order chi connectivity index (χ0) is 26.9. The summed E-state index contributed by atoms with van der Waals surface area (Å²) in [6.45, 7) is 0. The zero-order valence-electron chi connectivity index (χ0n) is 21.3. The molecule has 4 nitrogen and oxygen atoms in total. The Bertz CT molecular complexity index is 2140. The lowest BCUT2D eigenvalue weighted by Crippen LogP contribution is -2.29. The first kappa shape index (κ1) is 23.5. The third kappa shape index (κ3) is 3.04. The van der Waals surface area contributed by atoms with Crippen LogP contribution in [0.25, 0.3) is 21.7 Å². The van der Waals surface area contributed by atoms with Gasteiger partial charge in [0.2, 0.25) is 0 Å². The van der Waals surface area contributed by atoms with E-state index in [0.717, 1.165) is 49.0 Å². The average Bonchev–Trinajstić information content (AvgIpc) is 3.24. The predicted molar refractivity (Wildman–Crippen MR) is 165 cm³/mol. The molecule has 0 bridgehead atoms. The van der Waals surface area contributed by atoms with Crippen LogP contribution in [0.15, 0.2) is 134 Å².